The molecule has 2 heterocycles. The molecule has 0 aliphatic carbocycles. The van der Waals surface area contributed by atoms with E-state index in [0.717, 1.165) is 11.1 Å². The molecule has 156 valence electrons. The zero-order valence-corrected chi connectivity index (χ0v) is 17.9. The third kappa shape index (κ3) is 4.82. The molecule has 31 heavy (non-hydrogen) atoms. The van der Waals surface area contributed by atoms with Crippen LogP contribution in [0.3, 0.4) is 0 Å². The van der Waals surface area contributed by atoms with Crippen molar-refractivity contribution in [3.63, 3.8) is 0 Å². The largest absolute Gasteiger partial charge is 0.449 e. The summed E-state index contributed by atoms with van der Waals surface area (Å²) < 4.78 is 5.29. The lowest BCUT2D eigenvalue weighted by molar-refractivity contribution is -0.123. The zero-order valence-electron chi connectivity index (χ0n) is 16.3. The first kappa shape index (κ1) is 20.8. The van der Waals surface area contributed by atoms with Gasteiger partial charge in [0.05, 0.1) is 11.3 Å². The Balaban J connectivity index is 1.36. The maximum Gasteiger partial charge on any atom is 0.338 e. The van der Waals surface area contributed by atoms with Crippen molar-refractivity contribution in [3.8, 4) is 22.6 Å². The summed E-state index contributed by atoms with van der Waals surface area (Å²) >= 11 is 7.46. The lowest BCUT2D eigenvalue weighted by atomic mass is 10.1. The molecule has 0 spiro atoms. The minimum atomic E-state index is -0.995. The van der Waals surface area contributed by atoms with Gasteiger partial charge in [-0.15, -0.1) is 11.3 Å². The van der Waals surface area contributed by atoms with Crippen LogP contribution in [0.4, 0.5) is 5.13 Å². The topological polar surface area (TPSA) is 97.0 Å². The molecule has 0 fully saturated rings. The first-order valence-corrected chi connectivity index (χ1v) is 10.6. The van der Waals surface area contributed by atoms with Crippen LogP contribution >= 0.6 is 22.9 Å². The number of nitrogens with zero attached hydrogens (tertiary/aromatic N) is 2. The lowest BCUT2D eigenvalue weighted by Crippen LogP contribution is -2.29. The smallest absolute Gasteiger partial charge is 0.338 e. The summed E-state index contributed by atoms with van der Waals surface area (Å²) in [6, 6.07) is 14.1. The number of H-pyrrole nitrogens is 1. The van der Waals surface area contributed by atoms with Crippen molar-refractivity contribution in [1.29, 1.82) is 0 Å². The van der Waals surface area contributed by atoms with Gasteiger partial charge in [0.1, 0.15) is 5.82 Å². The lowest BCUT2D eigenvalue weighted by Gasteiger charge is -2.12. The summed E-state index contributed by atoms with van der Waals surface area (Å²) in [5, 5.41) is 5.44. The summed E-state index contributed by atoms with van der Waals surface area (Å²) in [5.41, 5.74) is 2.61. The van der Waals surface area contributed by atoms with E-state index in [1.54, 1.807) is 48.1 Å². The molecular formula is C22H17ClN4O3S. The Kier molecular flexibility index (Phi) is 6.11. The number of aromatic amines is 1. The first-order valence-electron chi connectivity index (χ1n) is 9.33. The van der Waals surface area contributed by atoms with Crippen molar-refractivity contribution in [2.45, 2.75) is 13.0 Å². The van der Waals surface area contributed by atoms with Crippen LogP contribution in [-0.4, -0.2) is 32.9 Å². The number of rotatable bonds is 6. The molecule has 0 bridgehead atoms. The number of anilines is 1. The molecule has 1 amide bonds. The van der Waals surface area contributed by atoms with Gasteiger partial charge in [0, 0.05) is 33.9 Å². The van der Waals surface area contributed by atoms with Crippen LogP contribution in [0.1, 0.15) is 17.3 Å². The Morgan fingerprint density at radius 3 is 2.65 bits per heavy atom. The molecular weight excluding hydrogens is 436 g/mol. The molecule has 4 rings (SSSR count). The summed E-state index contributed by atoms with van der Waals surface area (Å²) in [6.45, 7) is 1.51. The van der Waals surface area contributed by atoms with E-state index in [1.165, 1.54) is 18.3 Å². The molecule has 9 heteroatoms. The third-order valence-corrected chi connectivity index (χ3v) is 5.52. The number of hydrogen-bond donors (Lipinski definition) is 2. The van der Waals surface area contributed by atoms with E-state index < -0.39 is 18.0 Å². The fourth-order valence-corrected chi connectivity index (χ4v) is 3.75. The maximum absolute atomic E-state index is 12.4. The number of aromatic nitrogens is 3. The molecule has 0 aliphatic rings. The van der Waals surface area contributed by atoms with Crippen molar-refractivity contribution in [3.05, 3.63) is 76.9 Å². The fraction of sp³-hybridized carbons (Fsp3) is 0.0909. The number of nitrogens with one attached hydrogen (secondary N) is 2. The minimum Gasteiger partial charge on any atom is -0.449 e. The van der Waals surface area contributed by atoms with Gasteiger partial charge >= 0.3 is 5.97 Å². The van der Waals surface area contributed by atoms with Gasteiger partial charge in [0.25, 0.3) is 5.91 Å². The van der Waals surface area contributed by atoms with E-state index in [-0.39, 0.29) is 0 Å². The van der Waals surface area contributed by atoms with Crippen molar-refractivity contribution < 1.29 is 14.3 Å². The van der Waals surface area contributed by atoms with E-state index >= 15 is 0 Å². The number of ether oxygens (including phenoxy) is 1. The second-order valence-corrected chi connectivity index (χ2v) is 7.83. The molecule has 7 nitrogen and oxygen atoms in total. The standard InChI is InChI=1S/C22H17ClN4O3S/c1-13(30-21(29)15-8-6-14(7-9-15)19-24-10-11-25-19)20(28)27-22-26-18(12-31-22)16-4-2-3-5-17(16)23/h2-13H,1H3,(H,24,25)(H,26,27,28). The molecule has 1 atom stereocenters. The van der Waals surface area contributed by atoms with Crippen LogP contribution in [0.15, 0.2) is 66.3 Å². The molecule has 4 aromatic rings. The van der Waals surface area contributed by atoms with Gasteiger partial charge in [-0.05, 0) is 25.1 Å². The normalized spacial score (nSPS) is 11.7. The average Bonchev–Trinajstić information content (AvgIpc) is 3.46. The number of imidazole rings is 1. The molecule has 2 aromatic heterocycles. The zero-order chi connectivity index (χ0) is 21.8. The highest BCUT2D eigenvalue weighted by molar-refractivity contribution is 7.14. The van der Waals surface area contributed by atoms with Crippen molar-refractivity contribution >= 4 is 39.9 Å². The van der Waals surface area contributed by atoms with Gasteiger partial charge in [-0.25, -0.2) is 14.8 Å². The van der Waals surface area contributed by atoms with Gasteiger partial charge < -0.3 is 9.72 Å². The third-order valence-electron chi connectivity index (χ3n) is 4.43. The van der Waals surface area contributed by atoms with E-state index in [9.17, 15) is 9.59 Å². The first-order chi connectivity index (χ1) is 15.0. The van der Waals surface area contributed by atoms with Crippen LogP contribution in [0.2, 0.25) is 5.02 Å². The summed E-state index contributed by atoms with van der Waals surface area (Å²) in [6.07, 6.45) is 2.37. The highest BCUT2D eigenvalue weighted by Crippen LogP contribution is 2.30. The fourth-order valence-electron chi connectivity index (χ4n) is 2.80. The number of halogens is 1. The van der Waals surface area contributed by atoms with Crippen LogP contribution < -0.4 is 5.32 Å². The molecule has 2 aromatic carbocycles. The Hall–Kier alpha value is -3.49. The maximum atomic E-state index is 12.4. The second kappa shape index (κ2) is 9.11. The Labute approximate surface area is 187 Å². The molecule has 0 aliphatic heterocycles. The molecule has 2 N–H and O–H groups in total. The van der Waals surface area contributed by atoms with Crippen molar-refractivity contribution in [2.75, 3.05) is 5.32 Å². The quantitative estimate of drug-likeness (QED) is 0.399. The number of hydrogen-bond acceptors (Lipinski definition) is 6. The number of esters is 1. The van der Waals surface area contributed by atoms with Gasteiger partial charge in [-0.2, -0.15) is 0 Å². The monoisotopic (exact) mass is 452 g/mol. The SMILES string of the molecule is CC(OC(=O)c1ccc(-c2ncc[nH]2)cc1)C(=O)Nc1nc(-c2ccccc2Cl)cs1. The van der Waals surface area contributed by atoms with E-state index in [1.807, 2.05) is 18.2 Å². The molecule has 1 unspecified atom stereocenters. The Morgan fingerprint density at radius 2 is 1.94 bits per heavy atom. The van der Waals surface area contributed by atoms with Gasteiger partial charge in [0.15, 0.2) is 11.2 Å². The van der Waals surface area contributed by atoms with Gasteiger partial charge in [0.2, 0.25) is 0 Å². The number of benzene rings is 2. The van der Waals surface area contributed by atoms with E-state index in [0.29, 0.717) is 27.2 Å². The predicted molar refractivity (Wildman–Crippen MR) is 120 cm³/mol. The van der Waals surface area contributed by atoms with Crippen LogP contribution in [0, 0.1) is 0 Å². The van der Waals surface area contributed by atoms with Gasteiger partial charge in [-0.1, -0.05) is 41.9 Å². The number of thiazole rings is 1. The van der Waals surface area contributed by atoms with Gasteiger partial charge in [-0.3, -0.25) is 10.1 Å². The highest BCUT2D eigenvalue weighted by Gasteiger charge is 2.20. The number of carbonyl (C=O) groups excluding carboxylic acids is 2. The number of amides is 1. The second-order valence-electron chi connectivity index (χ2n) is 6.57. The van der Waals surface area contributed by atoms with Crippen molar-refractivity contribution in [1.82, 2.24) is 15.0 Å². The summed E-state index contributed by atoms with van der Waals surface area (Å²) in [4.78, 5) is 36.4. The summed E-state index contributed by atoms with van der Waals surface area (Å²) in [7, 11) is 0. The number of carbonyl (C=O) groups is 2. The Morgan fingerprint density at radius 1 is 1.16 bits per heavy atom. The molecule has 0 saturated carbocycles. The summed E-state index contributed by atoms with van der Waals surface area (Å²) in [5.74, 6) is -0.363. The van der Waals surface area contributed by atoms with E-state index in [4.69, 9.17) is 16.3 Å². The van der Waals surface area contributed by atoms with Crippen LogP contribution in [-0.2, 0) is 9.53 Å². The predicted octanol–water partition coefficient (Wildman–Crippen LogP) is 5.04. The minimum absolute atomic E-state index is 0.338. The average molecular weight is 453 g/mol. The Bertz CT molecular complexity index is 1210. The highest BCUT2D eigenvalue weighted by atomic mass is 35.5. The van der Waals surface area contributed by atoms with Crippen molar-refractivity contribution in [2.24, 2.45) is 0 Å². The van der Waals surface area contributed by atoms with Crippen LogP contribution in [0.5, 0.6) is 0 Å². The van der Waals surface area contributed by atoms with E-state index in [2.05, 4.69) is 20.3 Å². The molecule has 0 radical (unpaired) electrons. The molecule has 0 saturated heterocycles. The van der Waals surface area contributed by atoms with Crippen LogP contribution in [0.25, 0.3) is 22.6 Å².